The van der Waals surface area contributed by atoms with Gasteiger partial charge < -0.3 is 32.7 Å². The van der Waals surface area contributed by atoms with Gasteiger partial charge in [-0.2, -0.15) is 0 Å². The Bertz CT molecular complexity index is 177. The van der Waals surface area contributed by atoms with Gasteiger partial charge in [0.05, 0.1) is 0 Å². The van der Waals surface area contributed by atoms with E-state index in [9.17, 15) is 0 Å². The van der Waals surface area contributed by atoms with Gasteiger partial charge in [-0.25, -0.2) is 0 Å². The minimum Gasteiger partial charge on any atom is -0.330 e. The first-order chi connectivity index (χ1) is 10.8. The van der Waals surface area contributed by atoms with Crippen LogP contribution in [0, 0.1) is 0 Å². The minimum atomic E-state index is 0. The molecule has 0 fully saturated rings. The molecular formula is C17H44N6. The second kappa shape index (κ2) is 19.8. The third kappa shape index (κ3) is 16.4. The first-order valence-corrected chi connectivity index (χ1v) is 9.03. The number of rotatable bonds is 17. The zero-order chi connectivity index (χ0) is 16.5. The van der Waals surface area contributed by atoms with Gasteiger partial charge in [-0.05, 0) is 104 Å². The second-order valence-electron chi connectivity index (χ2n) is 5.96. The standard InChI is InChI=1S/C16H40N6.CH4/c17-7-3-13-21(14-4-8-18)11-1-2-12-22(15-5-9-19)16-6-10-20;/h1-20H2;1H4. The fraction of sp³-hybridized carbons (Fsp3) is 1.00. The van der Waals surface area contributed by atoms with E-state index in [0.29, 0.717) is 0 Å². The van der Waals surface area contributed by atoms with Gasteiger partial charge in [-0.3, -0.25) is 0 Å². The van der Waals surface area contributed by atoms with Crippen LogP contribution in [0.25, 0.3) is 0 Å². The predicted octanol–water partition coefficient (Wildman–Crippen LogP) is 0.402. The zero-order valence-corrected chi connectivity index (χ0v) is 14.5. The molecule has 0 aromatic heterocycles. The fourth-order valence-electron chi connectivity index (χ4n) is 2.60. The lowest BCUT2D eigenvalue weighted by molar-refractivity contribution is 0.237. The molecule has 6 heteroatoms. The molecule has 8 N–H and O–H groups in total. The normalized spacial score (nSPS) is 11.2. The van der Waals surface area contributed by atoms with Gasteiger partial charge >= 0.3 is 0 Å². The van der Waals surface area contributed by atoms with E-state index in [-0.39, 0.29) is 7.43 Å². The summed E-state index contributed by atoms with van der Waals surface area (Å²) in [4.78, 5) is 5.01. The Balaban J connectivity index is 0. The van der Waals surface area contributed by atoms with Crippen LogP contribution in [0.5, 0.6) is 0 Å². The van der Waals surface area contributed by atoms with Crippen LogP contribution < -0.4 is 22.9 Å². The summed E-state index contributed by atoms with van der Waals surface area (Å²) < 4.78 is 0. The Morgan fingerprint density at radius 1 is 0.391 bits per heavy atom. The average Bonchev–Trinajstić information content (AvgIpc) is 2.54. The van der Waals surface area contributed by atoms with Crippen molar-refractivity contribution in [1.29, 1.82) is 0 Å². The highest BCUT2D eigenvalue weighted by Gasteiger charge is 2.06. The van der Waals surface area contributed by atoms with Gasteiger partial charge in [0.25, 0.3) is 0 Å². The molecule has 0 unspecified atom stereocenters. The number of nitrogens with two attached hydrogens (primary N) is 4. The lowest BCUT2D eigenvalue weighted by atomic mass is 10.2. The van der Waals surface area contributed by atoms with Crippen molar-refractivity contribution in [1.82, 2.24) is 9.80 Å². The van der Waals surface area contributed by atoms with Crippen LogP contribution in [0.15, 0.2) is 0 Å². The summed E-state index contributed by atoms with van der Waals surface area (Å²) in [6.45, 7) is 9.78. The van der Waals surface area contributed by atoms with Crippen LogP contribution in [-0.4, -0.2) is 75.2 Å². The van der Waals surface area contributed by atoms with E-state index in [4.69, 9.17) is 22.9 Å². The van der Waals surface area contributed by atoms with Gasteiger partial charge in [-0.15, -0.1) is 0 Å². The molecule has 0 aromatic rings. The van der Waals surface area contributed by atoms with E-state index in [1.54, 1.807) is 0 Å². The maximum Gasteiger partial charge on any atom is -0.000671 e. The Labute approximate surface area is 144 Å². The monoisotopic (exact) mass is 332 g/mol. The van der Waals surface area contributed by atoms with Gasteiger partial charge in [-0.1, -0.05) is 7.43 Å². The van der Waals surface area contributed by atoms with Crippen LogP contribution in [-0.2, 0) is 0 Å². The molecule has 0 spiro atoms. The van der Waals surface area contributed by atoms with Crippen LogP contribution in [0.4, 0.5) is 0 Å². The highest BCUT2D eigenvalue weighted by Crippen LogP contribution is 2.02. The summed E-state index contributed by atoms with van der Waals surface area (Å²) in [5.74, 6) is 0. The van der Waals surface area contributed by atoms with E-state index >= 15 is 0 Å². The Morgan fingerprint density at radius 2 is 0.609 bits per heavy atom. The van der Waals surface area contributed by atoms with Crippen LogP contribution in [0.3, 0.4) is 0 Å². The highest BCUT2D eigenvalue weighted by atomic mass is 15.1. The van der Waals surface area contributed by atoms with Gasteiger partial charge in [0, 0.05) is 0 Å². The predicted molar refractivity (Wildman–Crippen MR) is 104 cm³/mol. The molecule has 0 saturated heterocycles. The van der Waals surface area contributed by atoms with E-state index in [0.717, 1.165) is 91.1 Å². The molecule has 0 rings (SSSR count). The lowest BCUT2D eigenvalue weighted by Gasteiger charge is -2.24. The Kier molecular flexibility index (Phi) is 21.5. The first kappa shape index (κ1) is 25.0. The molecule has 142 valence electrons. The van der Waals surface area contributed by atoms with Crippen molar-refractivity contribution in [3.63, 3.8) is 0 Å². The molecular weight excluding hydrogens is 288 g/mol. The molecule has 6 nitrogen and oxygen atoms in total. The molecule has 0 aliphatic carbocycles. The zero-order valence-electron chi connectivity index (χ0n) is 14.5. The molecule has 0 saturated carbocycles. The minimum absolute atomic E-state index is 0. The third-order valence-corrected chi connectivity index (χ3v) is 3.91. The first-order valence-electron chi connectivity index (χ1n) is 9.03. The molecule has 0 atom stereocenters. The summed E-state index contributed by atoms with van der Waals surface area (Å²) in [7, 11) is 0. The van der Waals surface area contributed by atoms with Crippen molar-refractivity contribution >= 4 is 0 Å². The summed E-state index contributed by atoms with van der Waals surface area (Å²) in [5.41, 5.74) is 22.5. The van der Waals surface area contributed by atoms with Crippen molar-refractivity contribution in [3.05, 3.63) is 0 Å². The maximum absolute atomic E-state index is 5.61. The molecule has 0 bridgehead atoms. The van der Waals surface area contributed by atoms with Crippen LogP contribution >= 0.6 is 0 Å². The lowest BCUT2D eigenvalue weighted by Crippen LogP contribution is -2.32. The number of hydrogen-bond donors (Lipinski definition) is 4. The Morgan fingerprint density at radius 3 is 0.826 bits per heavy atom. The van der Waals surface area contributed by atoms with Crippen molar-refractivity contribution in [2.75, 3.05) is 65.4 Å². The largest absolute Gasteiger partial charge is 0.330 e. The SMILES string of the molecule is C.NCCCN(CCCN)CCCCN(CCCN)CCCN. The van der Waals surface area contributed by atoms with E-state index in [2.05, 4.69) is 9.80 Å². The van der Waals surface area contributed by atoms with Crippen LogP contribution in [0.2, 0.25) is 0 Å². The molecule has 23 heavy (non-hydrogen) atoms. The van der Waals surface area contributed by atoms with Crippen molar-refractivity contribution in [2.24, 2.45) is 22.9 Å². The topological polar surface area (TPSA) is 111 Å². The summed E-state index contributed by atoms with van der Waals surface area (Å²) in [6.07, 6.45) is 6.76. The number of unbranched alkanes of at least 4 members (excludes halogenated alkanes) is 1. The van der Waals surface area contributed by atoms with E-state index in [1.807, 2.05) is 0 Å². The van der Waals surface area contributed by atoms with Gasteiger partial charge in [0.2, 0.25) is 0 Å². The van der Waals surface area contributed by atoms with Crippen molar-refractivity contribution < 1.29 is 0 Å². The highest BCUT2D eigenvalue weighted by molar-refractivity contribution is 4.63. The fourth-order valence-corrected chi connectivity index (χ4v) is 2.60. The van der Waals surface area contributed by atoms with Crippen molar-refractivity contribution in [3.8, 4) is 0 Å². The maximum atomic E-state index is 5.61. The number of nitrogens with zero attached hydrogens (tertiary/aromatic N) is 2. The average molecular weight is 333 g/mol. The van der Waals surface area contributed by atoms with Crippen molar-refractivity contribution in [2.45, 2.75) is 46.0 Å². The molecule has 0 heterocycles. The van der Waals surface area contributed by atoms with Crippen LogP contribution in [0.1, 0.15) is 46.0 Å². The molecule has 0 aliphatic heterocycles. The smallest absolute Gasteiger partial charge is 0.000671 e. The summed E-state index contributed by atoms with van der Waals surface area (Å²) in [6, 6.07) is 0. The van der Waals surface area contributed by atoms with Gasteiger partial charge in [0.1, 0.15) is 0 Å². The van der Waals surface area contributed by atoms with E-state index < -0.39 is 0 Å². The van der Waals surface area contributed by atoms with Gasteiger partial charge in [0.15, 0.2) is 0 Å². The molecule has 0 aromatic carbocycles. The Hall–Kier alpha value is -0.240. The van der Waals surface area contributed by atoms with E-state index in [1.165, 1.54) is 12.8 Å². The molecule has 0 aliphatic rings. The number of hydrogen-bond acceptors (Lipinski definition) is 6. The molecule has 0 amide bonds. The quantitative estimate of drug-likeness (QED) is 0.287. The second-order valence-corrected chi connectivity index (χ2v) is 5.96. The summed E-state index contributed by atoms with van der Waals surface area (Å²) in [5, 5.41) is 0. The summed E-state index contributed by atoms with van der Waals surface area (Å²) >= 11 is 0. The molecule has 0 radical (unpaired) electrons. The third-order valence-electron chi connectivity index (χ3n) is 3.91.